The van der Waals surface area contributed by atoms with Crippen molar-refractivity contribution < 1.29 is 19.3 Å². The highest BCUT2D eigenvalue weighted by molar-refractivity contribution is 5.02. The smallest absolute Gasteiger partial charge is 0.187 e. The number of hydrogen-bond acceptors (Lipinski definition) is 4. The van der Waals surface area contributed by atoms with Gasteiger partial charge in [0.05, 0.1) is 6.61 Å². The van der Waals surface area contributed by atoms with E-state index in [9.17, 15) is 5.11 Å². The number of rotatable bonds is 0. The highest BCUT2D eigenvalue weighted by Crippen LogP contribution is 2.40. The van der Waals surface area contributed by atoms with Crippen molar-refractivity contribution in [1.82, 2.24) is 0 Å². The summed E-state index contributed by atoms with van der Waals surface area (Å²) in [5.74, 6) is 0. The maximum Gasteiger partial charge on any atom is 0.187 e. The summed E-state index contributed by atoms with van der Waals surface area (Å²) in [6, 6.07) is 0. The van der Waals surface area contributed by atoms with E-state index in [1.165, 1.54) is 0 Å². The van der Waals surface area contributed by atoms with Crippen LogP contribution in [0.1, 0.15) is 0 Å². The summed E-state index contributed by atoms with van der Waals surface area (Å²) in [6.07, 6.45) is -1.02. The molecule has 2 bridgehead atoms. The van der Waals surface area contributed by atoms with Crippen LogP contribution in [0.4, 0.5) is 0 Å². The fourth-order valence-electron chi connectivity index (χ4n) is 1.86. The van der Waals surface area contributed by atoms with Crippen LogP contribution in [0, 0.1) is 0 Å². The maximum absolute atomic E-state index is 9.33. The molecule has 0 unspecified atom stereocenters. The van der Waals surface area contributed by atoms with Gasteiger partial charge in [0, 0.05) is 0 Å². The summed E-state index contributed by atoms with van der Waals surface area (Å²) < 4.78 is 15.8. The Hall–Kier alpha value is -0.160. The third-order valence-corrected chi connectivity index (χ3v) is 2.36. The summed E-state index contributed by atoms with van der Waals surface area (Å²) in [7, 11) is 0. The number of aliphatic hydroxyl groups is 1. The van der Waals surface area contributed by atoms with E-state index in [4.69, 9.17) is 14.2 Å². The van der Waals surface area contributed by atoms with Gasteiger partial charge < -0.3 is 19.3 Å². The van der Waals surface area contributed by atoms with Crippen LogP contribution < -0.4 is 0 Å². The molecule has 3 rings (SSSR count). The largest absolute Gasteiger partial charge is 0.385 e. The van der Waals surface area contributed by atoms with E-state index < -0.39 is 12.4 Å². The number of ether oxygens (including phenoxy) is 3. The molecule has 0 saturated carbocycles. The molecule has 0 amide bonds. The lowest BCUT2D eigenvalue weighted by atomic mass is 10.1. The van der Waals surface area contributed by atoms with Gasteiger partial charge in [-0.15, -0.1) is 0 Å². The molecule has 0 spiro atoms. The third-order valence-electron chi connectivity index (χ3n) is 2.36. The predicted octanol–water partition coefficient (Wildman–Crippen LogP) is -1.13. The standard InChI is InChI=1S/C6H8O4/c7-3-5-4-2(1-8-5)9-6(3)10-4/h2-7H,1H2/t2-,3+,4-,5-,6-/m1/s1. The Morgan fingerprint density at radius 1 is 1.20 bits per heavy atom. The average Bonchev–Trinajstić information content (AvgIpc) is 2.43. The van der Waals surface area contributed by atoms with Gasteiger partial charge in [-0.25, -0.2) is 0 Å². The highest BCUT2D eigenvalue weighted by atomic mass is 16.8. The fraction of sp³-hybridized carbons (Fsp3) is 1.00. The molecule has 0 aromatic carbocycles. The van der Waals surface area contributed by atoms with Crippen molar-refractivity contribution in [3.63, 3.8) is 0 Å². The van der Waals surface area contributed by atoms with E-state index in [1.54, 1.807) is 0 Å². The van der Waals surface area contributed by atoms with Crippen molar-refractivity contribution in [3.05, 3.63) is 0 Å². The summed E-state index contributed by atoms with van der Waals surface area (Å²) in [5, 5.41) is 9.33. The summed E-state index contributed by atoms with van der Waals surface area (Å²) >= 11 is 0. The van der Waals surface area contributed by atoms with Crippen molar-refractivity contribution >= 4 is 0 Å². The van der Waals surface area contributed by atoms with Gasteiger partial charge in [-0.1, -0.05) is 0 Å². The molecule has 3 aliphatic heterocycles. The highest BCUT2D eigenvalue weighted by Gasteiger charge is 2.59. The van der Waals surface area contributed by atoms with Crippen LogP contribution in [0.2, 0.25) is 0 Å². The van der Waals surface area contributed by atoms with E-state index in [1.807, 2.05) is 0 Å². The molecule has 4 nitrogen and oxygen atoms in total. The molecule has 5 atom stereocenters. The van der Waals surface area contributed by atoms with E-state index in [0.29, 0.717) is 6.61 Å². The van der Waals surface area contributed by atoms with Crippen molar-refractivity contribution in [2.75, 3.05) is 6.61 Å². The van der Waals surface area contributed by atoms with Gasteiger partial charge in [-0.05, 0) is 0 Å². The Bertz CT molecular complexity index is 169. The minimum absolute atomic E-state index is 0.000000000000000222. The normalized spacial score (nSPS) is 63.9. The van der Waals surface area contributed by atoms with Gasteiger partial charge in [0.15, 0.2) is 6.29 Å². The Balaban J connectivity index is 2.00. The van der Waals surface area contributed by atoms with E-state index >= 15 is 0 Å². The Morgan fingerprint density at radius 2 is 2.10 bits per heavy atom. The Labute approximate surface area is 57.7 Å². The molecule has 0 aromatic rings. The number of hydrogen-bond donors (Lipinski definition) is 1. The lowest BCUT2D eigenvalue weighted by molar-refractivity contribution is -0.104. The Morgan fingerprint density at radius 3 is 2.80 bits per heavy atom. The SMILES string of the molecule is O[C@@H]1[C@H]2O[C@H]3[C@@H]1OC[C@H]3O2. The molecule has 0 radical (unpaired) electrons. The Kier molecular flexibility index (Phi) is 0.840. The predicted molar refractivity (Wildman–Crippen MR) is 29.3 cm³/mol. The second-order valence-electron chi connectivity index (χ2n) is 2.93. The van der Waals surface area contributed by atoms with Crippen LogP contribution >= 0.6 is 0 Å². The van der Waals surface area contributed by atoms with Gasteiger partial charge in [-0.3, -0.25) is 0 Å². The molecule has 4 heteroatoms. The molecule has 3 heterocycles. The topological polar surface area (TPSA) is 47.9 Å². The monoisotopic (exact) mass is 144 g/mol. The van der Waals surface area contributed by atoms with Crippen LogP contribution in [0.3, 0.4) is 0 Å². The van der Waals surface area contributed by atoms with Crippen LogP contribution in [0.25, 0.3) is 0 Å². The first-order valence-electron chi connectivity index (χ1n) is 3.47. The zero-order valence-corrected chi connectivity index (χ0v) is 5.27. The first-order chi connectivity index (χ1) is 4.86. The van der Waals surface area contributed by atoms with Gasteiger partial charge in [-0.2, -0.15) is 0 Å². The van der Waals surface area contributed by atoms with Crippen LogP contribution in [0.5, 0.6) is 0 Å². The summed E-state index contributed by atoms with van der Waals surface area (Å²) in [6.45, 7) is 0.572. The molecule has 1 N–H and O–H groups in total. The molecular formula is C6H8O4. The molecular weight excluding hydrogens is 136 g/mol. The molecule has 0 aliphatic carbocycles. The summed E-state index contributed by atoms with van der Waals surface area (Å²) in [4.78, 5) is 0. The molecule has 3 fully saturated rings. The number of aliphatic hydroxyl groups excluding tert-OH is 1. The van der Waals surface area contributed by atoms with Crippen LogP contribution in [-0.4, -0.2) is 42.4 Å². The lowest BCUT2D eigenvalue weighted by Gasteiger charge is -2.17. The minimum atomic E-state index is -0.566. The third kappa shape index (κ3) is 0.441. The van der Waals surface area contributed by atoms with Crippen molar-refractivity contribution in [2.24, 2.45) is 0 Å². The second-order valence-corrected chi connectivity index (χ2v) is 2.93. The van der Waals surface area contributed by atoms with E-state index in [2.05, 4.69) is 0 Å². The lowest BCUT2D eigenvalue weighted by Crippen LogP contribution is -2.39. The molecule has 0 aromatic heterocycles. The minimum Gasteiger partial charge on any atom is -0.385 e. The molecule has 56 valence electrons. The van der Waals surface area contributed by atoms with E-state index in [0.717, 1.165) is 0 Å². The van der Waals surface area contributed by atoms with E-state index in [-0.39, 0.29) is 18.3 Å². The maximum atomic E-state index is 9.33. The average molecular weight is 144 g/mol. The zero-order valence-electron chi connectivity index (χ0n) is 5.27. The quantitative estimate of drug-likeness (QED) is 0.467. The summed E-state index contributed by atoms with van der Waals surface area (Å²) in [5.41, 5.74) is 0. The van der Waals surface area contributed by atoms with Crippen molar-refractivity contribution in [2.45, 2.75) is 30.7 Å². The molecule has 3 saturated heterocycles. The van der Waals surface area contributed by atoms with Gasteiger partial charge in [0.1, 0.15) is 24.4 Å². The zero-order chi connectivity index (χ0) is 6.72. The van der Waals surface area contributed by atoms with Gasteiger partial charge >= 0.3 is 0 Å². The first-order valence-corrected chi connectivity index (χ1v) is 3.47. The van der Waals surface area contributed by atoms with Crippen molar-refractivity contribution in [1.29, 1.82) is 0 Å². The number of fused-ring (bicyclic) bond motifs is 1. The van der Waals surface area contributed by atoms with Crippen molar-refractivity contribution in [3.8, 4) is 0 Å². The molecule has 10 heavy (non-hydrogen) atoms. The second kappa shape index (κ2) is 1.53. The van der Waals surface area contributed by atoms with Crippen LogP contribution in [0.15, 0.2) is 0 Å². The van der Waals surface area contributed by atoms with Gasteiger partial charge in [0.2, 0.25) is 0 Å². The van der Waals surface area contributed by atoms with Crippen LogP contribution in [-0.2, 0) is 14.2 Å². The van der Waals surface area contributed by atoms with Gasteiger partial charge in [0.25, 0.3) is 0 Å². The first kappa shape index (κ1) is 5.49. The molecule has 3 aliphatic rings. The fourth-order valence-corrected chi connectivity index (χ4v) is 1.86.